The van der Waals surface area contributed by atoms with E-state index < -0.39 is 20.5 Å². The number of rotatable bonds is 9. The Kier molecular flexibility index (Phi) is 7.98. The maximum atomic E-state index is 12.2. The number of nitrogens with zero attached hydrogens (tertiary/aromatic N) is 2. The maximum absolute atomic E-state index is 12.2. The van der Waals surface area contributed by atoms with Crippen LogP contribution in [0.3, 0.4) is 0 Å². The van der Waals surface area contributed by atoms with Gasteiger partial charge in [0.2, 0.25) is 5.95 Å². The van der Waals surface area contributed by atoms with Crippen LogP contribution in [0.15, 0.2) is 29.1 Å². The van der Waals surface area contributed by atoms with E-state index in [1.807, 2.05) is 4.90 Å². The van der Waals surface area contributed by atoms with Crippen molar-refractivity contribution in [3.05, 3.63) is 39.6 Å². The van der Waals surface area contributed by atoms with Crippen LogP contribution in [0.25, 0.3) is 0 Å². The second-order valence-electron chi connectivity index (χ2n) is 8.29. The number of carbonyl (C=O) groups excluding carboxylic acids is 1. The van der Waals surface area contributed by atoms with E-state index in [-0.39, 0.29) is 36.4 Å². The van der Waals surface area contributed by atoms with Crippen LogP contribution in [0.5, 0.6) is 5.75 Å². The third-order valence-corrected chi connectivity index (χ3v) is 7.22. The number of ether oxygens (including phenoxy) is 2. The van der Waals surface area contributed by atoms with Crippen LogP contribution in [-0.4, -0.2) is 54.7 Å². The highest BCUT2D eigenvalue weighted by atomic mass is 35.5. The summed E-state index contributed by atoms with van der Waals surface area (Å²) in [6.07, 6.45) is 0.148. The molecule has 1 aromatic heterocycles. The molecular weight excluding hydrogens is 499 g/mol. The SMILES string of the molecule is COC(=O)C(C)NP(OCC1CC(C)C(N2CNc3c2nc(N)[nH]c3=O)O1)Oc1ccc(Cl)cc1. The predicted octanol–water partition coefficient (Wildman–Crippen LogP) is 2.42. The molecule has 12 nitrogen and oxygen atoms in total. The molecule has 0 spiro atoms. The van der Waals surface area contributed by atoms with Gasteiger partial charge < -0.3 is 34.5 Å². The minimum atomic E-state index is -1.70. The van der Waals surface area contributed by atoms with Crippen molar-refractivity contribution < 1.29 is 23.3 Å². The number of hydrogen-bond acceptors (Lipinski definition) is 11. The summed E-state index contributed by atoms with van der Waals surface area (Å²) < 4.78 is 23.0. The smallest absolute Gasteiger partial charge is 0.323 e. The molecule has 0 saturated carbocycles. The first-order valence-electron chi connectivity index (χ1n) is 11.0. The van der Waals surface area contributed by atoms with E-state index in [4.69, 9.17) is 35.9 Å². The van der Waals surface area contributed by atoms with Crippen LogP contribution < -0.4 is 31.1 Å². The molecule has 1 saturated heterocycles. The molecule has 5 atom stereocenters. The highest BCUT2D eigenvalue weighted by Crippen LogP contribution is 2.40. The fraction of sp³-hybridized carbons (Fsp3) is 0.476. The van der Waals surface area contributed by atoms with Crippen molar-refractivity contribution in [3.8, 4) is 5.75 Å². The van der Waals surface area contributed by atoms with Crippen molar-refractivity contribution in [2.24, 2.45) is 5.92 Å². The summed E-state index contributed by atoms with van der Waals surface area (Å²) in [5.74, 6) is 0.741. The van der Waals surface area contributed by atoms with Crippen LogP contribution in [0.1, 0.15) is 20.3 Å². The largest absolute Gasteiger partial charge is 0.468 e. The van der Waals surface area contributed by atoms with E-state index in [0.29, 0.717) is 35.4 Å². The first-order chi connectivity index (χ1) is 16.7. The second-order valence-corrected chi connectivity index (χ2v) is 9.94. The summed E-state index contributed by atoms with van der Waals surface area (Å²) >= 11 is 5.96. The summed E-state index contributed by atoms with van der Waals surface area (Å²) in [5.41, 5.74) is 5.79. The van der Waals surface area contributed by atoms with Crippen molar-refractivity contribution >= 4 is 43.6 Å². The van der Waals surface area contributed by atoms with E-state index in [2.05, 4.69) is 27.3 Å². The molecule has 2 aromatic rings. The molecule has 5 unspecified atom stereocenters. The monoisotopic (exact) mass is 526 g/mol. The fourth-order valence-corrected chi connectivity index (χ4v) is 5.26. The molecule has 14 heteroatoms. The summed E-state index contributed by atoms with van der Waals surface area (Å²) in [6, 6.07) is 6.20. The Bertz CT molecular complexity index is 1100. The Hall–Kier alpha value is -2.63. The minimum Gasteiger partial charge on any atom is -0.468 e. The lowest BCUT2D eigenvalue weighted by atomic mass is 10.1. The zero-order valence-electron chi connectivity index (χ0n) is 19.5. The first kappa shape index (κ1) is 25.5. The number of nitrogens with two attached hydrogens (primary N) is 1. The number of nitrogens with one attached hydrogen (secondary N) is 3. The van der Waals surface area contributed by atoms with Gasteiger partial charge in [-0.3, -0.25) is 14.6 Å². The minimum absolute atomic E-state index is 0.0452. The molecule has 3 heterocycles. The van der Waals surface area contributed by atoms with Gasteiger partial charge in [-0.1, -0.05) is 18.5 Å². The Morgan fingerprint density at radius 3 is 2.89 bits per heavy atom. The molecule has 5 N–H and O–H groups in total. The molecule has 2 aliphatic heterocycles. The Labute approximate surface area is 208 Å². The molecule has 190 valence electrons. The van der Waals surface area contributed by atoms with Crippen LogP contribution >= 0.6 is 20.1 Å². The second kappa shape index (κ2) is 11.0. The van der Waals surface area contributed by atoms with E-state index in [1.54, 1.807) is 31.2 Å². The number of esters is 1. The van der Waals surface area contributed by atoms with Gasteiger partial charge in [0.05, 0.1) is 26.5 Å². The summed E-state index contributed by atoms with van der Waals surface area (Å²) in [4.78, 5) is 32.7. The molecule has 2 aliphatic rings. The maximum Gasteiger partial charge on any atom is 0.323 e. The average Bonchev–Trinajstić information content (AvgIpc) is 3.41. The number of benzene rings is 1. The number of nitrogen functional groups attached to an aromatic ring is 1. The van der Waals surface area contributed by atoms with E-state index in [1.165, 1.54) is 7.11 Å². The van der Waals surface area contributed by atoms with Gasteiger partial charge in [0.25, 0.3) is 5.56 Å². The van der Waals surface area contributed by atoms with Crippen molar-refractivity contribution in [1.29, 1.82) is 0 Å². The van der Waals surface area contributed by atoms with Gasteiger partial charge in [0, 0.05) is 10.9 Å². The van der Waals surface area contributed by atoms with Gasteiger partial charge >= 0.3 is 14.5 Å². The Morgan fingerprint density at radius 1 is 1.43 bits per heavy atom. The lowest BCUT2D eigenvalue weighted by Gasteiger charge is -2.28. The molecule has 1 aromatic carbocycles. The van der Waals surface area contributed by atoms with Gasteiger partial charge in [-0.25, -0.2) is 5.09 Å². The third kappa shape index (κ3) is 5.96. The molecule has 0 radical (unpaired) electrons. The van der Waals surface area contributed by atoms with Crippen LogP contribution in [0, 0.1) is 5.92 Å². The van der Waals surface area contributed by atoms with Gasteiger partial charge in [-0.15, -0.1) is 0 Å². The fourth-order valence-electron chi connectivity index (χ4n) is 3.92. The molecule has 35 heavy (non-hydrogen) atoms. The number of H-pyrrole nitrogens is 1. The zero-order valence-corrected chi connectivity index (χ0v) is 21.1. The number of carbonyl (C=O) groups is 1. The Balaban J connectivity index is 1.40. The third-order valence-electron chi connectivity index (χ3n) is 5.61. The van der Waals surface area contributed by atoms with Crippen LogP contribution in [0.4, 0.5) is 17.5 Å². The van der Waals surface area contributed by atoms with Gasteiger partial charge in [-0.05, 0) is 37.6 Å². The standard InChI is InChI=1S/C21H28ClN6O6P/c1-11-8-15(33-19(11)28-10-24-16-17(28)25-21(23)26-18(16)29)9-32-35(27-12(2)20(30)31-3)34-14-6-4-13(22)5-7-14/h4-7,11-12,15,19,24,27H,8-10H2,1-3H3,(H3,23,25,26,29). The number of aromatic amines is 1. The lowest BCUT2D eigenvalue weighted by molar-refractivity contribution is -0.142. The normalized spacial score (nSPS) is 22.9. The molecule has 0 amide bonds. The molecular formula is C21H28ClN6O6P. The molecule has 4 rings (SSSR count). The van der Waals surface area contributed by atoms with Crippen LogP contribution in [-0.2, 0) is 18.8 Å². The van der Waals surface area contributed by atoms with Crippen molar-refractivity contribution in [3.63, 3.8) is 0 Å². The van der Waals surface area contributed by atoms with Gasteiger partial charge in [0.1, 0.15) is 23.7 Å². The van der Waals surface area contributed by atoms with Gasteiger partial charge in [-0.2, -0.15) is 4.98 Å². The lowest BCUT2D eigenvalue weighted by Crippen LogP contribution is -2.39. The summed E-state index contributed by atoms with van der Waals surface area (Å²) in [7, 11) is -0.385. The number of halogens is 1. The van der Waals surface area contributed by atoms with Crippen LogP contribution in [0.2, 0.25) is 5.02 Å². The van der Waals surface area contributed by atoms with Crippen molar-refractivity contribution in [2.75, 3.05) is 36.3 Å². The summed E-state index contributed by atoms with van der Waals surface area (Å²) in [5, 5.41) is 6.66. The molecule has 0 bridgehead atoms. The molecule has 0 aliphatic carbocycles. The highest BCUT2D eigenvalue weighted by Gasteiger charge is 2.40. The first-order valence-corrected chi connectivity index (χ1v) is 12.6. The van der Waals surface area contributed by atoms with E-state index in [0.717, 1.165) is 0 Å². The number of anilines is 3. The summed E-state index contributed by atoms with van der Waals surface area (Å²) in [6.45, 7) is 4.32. The average molecular weight is 527 g/mol. The number of hydrogen-bond donors (Lipinski definition) is 4. The number of aromatic nitrogens is 2. The Morgan fingerprint density at radius 2 is 2.17 bits per heavy atom. The van der Waals surface area contributed by atoms with Crippen molar-refractivity contribution in [1.82, 2.24) is 15.1 Å². The van der Waals surface area contributed by atoms with Crippen molar-refractivity contribution in [2.45, 2.75) is 38.6 Å². The zero-order chi connectivity index (χ0) is 25.1. The molecule has 1 fully saturated rings. The number of fused-ring (bicyclic) bond motifs is 1. The van der Waals surface area contributed by atoms with E-state index >= 15 is 0 Å². The highest BCUT2D eigenvalue weighted by molar-refractivity contribution is 7.45. The topological polar surface area (TPSA) is 153 Å². The van der Waals surface area contributed by atoms with Gasteiger partial charge in [0.15, 0.2) is 5.82 Å². The predicted molar refractivity (Wildman–Crippen MR) is 132 cm³/mol. The number of methoxy groups -OCH3 is 1. The quantitative estimate of drug-likeness (QED) is 0.281. The van der Waals surface area contributed by atoms with E-state index in [9.17, 15) is 9.59 Å².